The number of furan rings is 1. The first-order chi connectivity index (χ1) is 12.3. The maximum Gasteiger partial charge on any atom is 0.313 e. The highest BCUT2D eigenvalue weighted by atomic mass is 35.5. The number of carbonyl (C=O) groups is 3. The van der Waals surface area contributed by atoms with Gasteiger partial charge in [-0.2, -0.15) is 5.10 Å². The lowest BCUT2D eigenvalue weighted by Gasteiger charge is -2.06. The maximum absolute atomic E-state index is 11.9. The van der Waals surface area contributed by atoms with Crippen LogP contribution < -0.4 is 16.1 Å². The Bertz CT molecular complexity index is 843. The van der Waals surface area contributed by atoms with E-state index in [1.54, 1.807) is 12.1 Å². The molecule has 0 aliphatic carbocycles. The molecule has 26 heavy (non-hydrogen) atoms. The van der Waals surface area contributed by atoms with Crippen LogP contribution in [0.25, 0.3) is 0 Å². The Hall–Kier alpha value is -2.84. The number of hydrogen-bond acceptors (Lipinski definition) is 5. The summed E-state index contributed by atoms with van der Waals surface area (Å²) in [5, 5.41) is 9.11. The number of hydrogen-bond donors (Lipinski definition) is 3. The molecule has 2 rings (SSSR count). The SMILES string of the molecule is CC(=O)N/N=C\c1ccc(CNC(=O)C(=O)Nc2cc(Cl)cc(Cl)c2)o1. The highest BCUT2D eigenvalue weighted by Crippen LogP contribution is 2.22. The minimum absolute atomic E-state index is 0.00344. The summed E-state index contributed by atoms with van der Waals surface area (Å²) in [7, 11) is 0. The molecule has 0 saturated heterocycles. The third kappa shape index (κ3) is 6.23. The number of halogens is 2. The Morgan fingerprint density at radius 3 is 2.46 bits per heavy atom. The summed E-state index contributed by atoms with van der Waals surface area (Å²) in [4.78, 5) is 34.4. The monoisotopic (exact) mass is 396 g/mol. The third-order valence-electron chi connectivity index (χ3n) is 2.85. The van der Waals surface area contributed by atoms with Gasteiger partial charge in [0.05, 0.1) is 12.8 Å². The Kier molecular flexibility index (Phi) is 6.76. The Morgan fingerprint density at radius 1 is 1.12 bits per heavy atom. The van der Waals surface area contributed by atoms with Gasteiger partial charge in [-0.15, -0.1) is 0 Å². The first kappa shape index (κ1) is 19.5. The fourth-order valence-electron chi connectivity index (χ4n) is 1.81. The smallest absolute Gasteiger partial charge is 0.313 e. The molecule has 2 aromatic rings. The van der Waals surface area contributed by atoms with Crippen molar-refractivity contribution in [2.75, 3.05) is 5.32 Å². The van der Waals surface area contributed by atoms with Crippen molar-refractivity contribution in [1.82, 2.24) is 10.7 Å². The van der Waals surface area contributed by atoms with Crippen LogP contribution in [0.5, 0.6) is 0 Å². The first-order valence-corrected chi connectivity index (χ1v) is 8.02. The van der Waals surface area contributed by atoms with Crippen molar-refractivity contribution in [2.45, 2.75) is 13.5 Å². The van der Waals surface area contributed by atoms with Gasteiger partial charge in [0.15, 0.2) is 0 Å². The van der Waals surface area contributed by atoms with Crippen molar-refractivity contribution in [1.29, 1.82) is 0 Å². The van der Waals surface area contributed by atoms with Crippen LogP contribution in [0.4, 0.5) is 5.69 Å². The molecule has 3 amide bonds. The van der Waals surface area contributed by atoms with Crippen molar-refractivity contribution in [3.05, 3.63) is 51.9 Å². The van der Waals surface area contributed by atoms with Crippen molar-refractivity contribution in [3.8, 4) is 0 Å². The van der Waals surface area contributed by atoms with Gasteiger partial charge in [0, 0.05) is 22.7 Å². The lowest BCUT2D eigenvalue weighted by molar-refractivity contribution is -0.136. The molecule has 0 fully saturated rings. The van der Waals surface area contributed by atoms with Crippen LogP contribution >= 0.6 is 23.2 Å². The number of rotatable bonds is 5. The minimum Gasteiger partial charge on any atom is -0.458 e. The van der Waals surface area contributed by atoms with Gasteiger partial charge in [0.25, 0.3) is 0 Å². The lowest BCUT2D eigenvalue weighted by Crippen LogP contribution is -2.34. The summed E-state index contributed by atoms with van der Waals surface area (Å²) < 4.78 is 5.36. The predicted octanol–water partition coefficient (Wildman–Crippen LogP) is 2.31. The average molecular weight is 397 g/mol. The van der Waals surface area contributed by atoms with E-state index in [4.69, 9.17) is 27.6 Å². The van der Waals surface area contributed by atoms with E-state index in [1.807, 2.05) is 0 Å². The average Bonchev–Trinajstić information content (AvgIpc) is 2.99. The molecular formula is C16H14Cl2N4O4. The summed E-state index contributed by atoms with van der Waals surface area (Å²) in [6.45, 7) is 1.32. The lowest BCUT2D eigenvalue weighted by atomic mass is 10.3. The van der Waals surface area contributed by atoms with Crippen LogP contribution in [-0.2, 0) is 20.9 Å². The maximum atomic E-state index is 11.9. The van der Waals surface area contributed by atoms with E-state index in [9.17, 15) is 14.4 Å². The molecule has 0 aliphatic heterocycles. The first-order valence-electron chi connectivity index (χ1n) is 7.27. The van der Waals surface area contributed by atoms with Crippen LogP contribution in [-0.4, -0.2) is 23.9 Å². The summed E-state index contributed by atoms with van der Waals surface area (Å²) in [5.41, 5.74) is 2.53. The van der Waals surface area contributed by atoms with Crippen molar-refractivity contribution in [2.24, 2.45) is 5.10 Å². The van der Waals surface area contributed by atoms with Gasteiger partial charge in [-0.25, -0.2) is 5.43 Å². The highest BCUT2D eigenvalue weighted by molar-refractivity contribution is 6.40. The number of nitrogens with one attached hydrogen (secondary N) is 3. The molecule has 0 saturated carbocycles. The van der Waals surface area contributed by atoms with Gasteiger partial charge < -0.3 is 15.1 Å². The second kappa shape index (κ2) is 9.02. The molecule has 8 nitrogen and oxygen atoms in total. The van der Waals surface area contributed by atoms with Crippen LogP contribution in [0.1, 0.15) is 18.4 Å². The van der Waals surface area contributed by atoms with E-state index in [0.717, 1.165) is 0 Å². The van der Waals surface area contributed by atoms with Crippen LogP contribution in [0.3, 0.4) is 0 Å². The Morgan fingerprint density at radius 2 is 1.81 bits per heavy atom. The minimum atomic E-state index is -0.873. The summed E-state index contributed by atoms with van der Waals surface area (Å²) in [5.74, 6) is -1.26. The molecule has 1 heterocycles. The molecule has 136 valence electrons. The van der Waals surface area contributed by atoms with Crippen molar-refractivity contribution in [3.63, 3.8) is 0 Å². The molecule has 1 aromatic heterocycles. The molecule has 0 aliphatic rings. The Balaban J connectivity index is 1.86. The molecule has 0 spiro atoms. The van der Waals surface area contributed by atoms with Crippen LogP contribution in [0, 0.1) is 0 Å². The largest absolute Gasteiger partial charge is 0.458 e. The fraction of sp³-hybridized carbons (Fsp3) is 0.125. The van der Waals surface area contributed by atoms with Gasteiger partial charge in [0.1, 0.15) is 11.5 Å². The summed E-state index contributed by atoms with van der Waals surface area (Å²) in [6.07, 6.45) is 1.31. The second-order valence-electron chi connectivity index (χ2n) is 5.03. The molecule has 0 bridgehead atoms. The van der Waals surface area contributed by atoms with E-state index < -0.39 is 11.8 Å². The van der Waals surface area contributed by atoms with E-state index in [0.29, 0.717) is 27.3 Å². The van der Waals surface area contributed by atoms with E-state index >= 15 is 0 Å². The number of nitrogens with zero attached hydrogens (tertiary/aromatic N) is 1. The molecule has 1 aromatic carbocycles. The number of hydrazone groups is 1. The molecular weight excluding hydrogens is 383 g/mol. The van der Waals surface area contributed by atoms with E-state index in [1.165, 1.54) is 31.3 Å². The van der Waals surface area contributed by atoms with Gasteiger partial charge >= 0.3 is 11.8 Å². The summed E-state index contributed by atoms with van der Waals surface area (Å²) in [6, 6.07) is 7.63. The molecule has 3 N–H and O–H groups in total. The summed E-state index contributed by atoms with van der Waals surface area (Å²) >= 11 is 11.7. The number of carbonyl (C=O) groups excluding carboxylic acids is 3. The topological polar surface area (TPSA) is 113 Å². The van der Waals surface area contributed by atoms with E-state index in [-0.39, 0.29) is 12.5 Å². The van der Waals surface area contributed by atoms with Gasteiger partial charge in [-0.05, 0) is 30.3 Å². The van der Waals surface area contributed by atoms with Gasteiger partial charge in [0.2, 0.25) is 5.91 Å². The highest BCUT2D eigenvalue weighted by Gasteiger charge is 2.14. The second-order valence-corrected chi connectivity index (χ2v) is 5.90. The van der Waals surface area contributed by atoms with Crippen molar-refractivity contribution >= 4 is 52.8 Å². The predicted molar refractivity (Wildman–Crippen MR) is 97.1 cm³/mol. The molecule has 10 heteroatoms. The third-order valence-corrected chi connectivity index (χ3v) is 3.28. The zero-order valence-corrected chi connectivity index (χ0v) is 15.0. The molecule has 0 atom stereocenters. The van der Waals surface area contributed by atoms with Crippen LogP contribution in [0.15, 0.2) is 39.9 Å². The zero-order chi connectivity index (χ0) is 19.1. The number of amides is 3. The molecule has 0 unspecified atom stereocenters. The zero-order valence-electron chi connectivity index (χ0n) is 13.5. The van der Waals surface area contributed by atoms with Crippen LogP contribution in [0.2, 0.25) is 10.0 Å². The standard InChI is InChI=1S/C16H14Cl2N4O4/c1-9(23)22-20-8-14-3-2-13(26-14)7-19-15(24)16(25)21-12-5-10(17)4-11(18)6-12/h2-6,8H,7H2,1H3,(H,19,24)(H,21,25)(H,22,23)/b20-8-. The Labute approximate surface area is 158 Å². The number of anilines is 1. The van der Waals surface area contributed by atoms with E-state index in [2.05, 4.69) is 21.2 Å². The fourth-order valence-corrected chi connectivity index (χ4v) is 2.33. The number of benzene rings is 1. The van der Waals surface area contributed by atoms with Gasteiger partial charge in [-0.3, -0.25) is 14.4 Å². The van der Waals surface area contributed by atoms with Crippen molar-refractivity contribution < 1.29 is 18.8 Å². The normalized spacial score (nSPS) is 10.6. The molecule has 0 radical (unpaired) electrons. The van der Waals surface area contributed by atoms with Gasteiger partial charge in [-0.1, -0.05) is 23.2 Å². The quantitative estimate of drug-likeness (QED) is 0.408.